The average molecular weight is 969 g/mol. The molecule has 4 N–H and O–H groups in total. The number of aromatic amines is 2. The van der Waals surface area contributed by atoms with E-state index in [0.717, 1.165) is 37.7 Å². The highest BCUT2D eigenvalue weighted by Gasteiger charge is 2.37. The second-order valence-corrected chi connectivity index (χ2v) is 18.9. The molecule has 2 aliphatic rings. The van der Waals surface area contributed by atoms with Gasteiger partial charge < -0.3 is 24.9 Å². The molecule has 362 valence electrons. The van der Waals surface area contributed by atoms with Crippen LogP contribution in [0.5, 0.6) is 5.75 Å². The molecular weight excluding hydrogens is 914 g/mol. The first-order chi connectivity index (χ1) is 33.5. The quantitative estimate of drug-likeness (QED) is 0.0123. The molecule has 4 heterocycles. The van der Waals surface area contributed by atoms with Crippen molar-refractivity contribution in [2.75, 3.05) is 29.2 Å². The molecule has 3 atom stereocenters. The van der Waals surface area contributed by atoms with Crippen LogP contribution in [0.1, 0.15) is 105 Å². The van der Waals surface area contributed by atoms with E-state index in [4.69, 9.17) is 16.3 Å². The third-order valence-corrected chi connectivity index (χ3v) is 13.4. The molecule has 4 aromatic carbocycles. The molecule has 2 aliphatic heterocycles. The van der Waals surface area contributed by atoms with Gasteiger partial charge in [-0.3, -0.25) is 43.3 Å². The van der Waals surface area contributed by atoms with Crippen molar-refractivity contribution in [1.29, 1.82) is 0 Å². The van der Waals surface area contributed by atoms with Crippen LogP contribution in [0.15, 0.2) is 84.0 Å². The van der Waals surface area contributed by atoms with Gasteiger partial charge in [0.25, 0.3) is 5.91 Å². The fraction of sp³-hybridized carbons (Fsp3) is 0.340. The van der Waals surface area contributed by atoms with Crippen molar-refractivity contribution in [3.8, 4) is 5.75 Å². The van der Waals surface area contributed by atoms with Crippen LogP contribution in [-0.2, 0) is 35.2 Å². The maximum atomic E-state index is 14.2. The van der Waals surface area contributed by atoms with Gasteiger partial charge in [-0.15, -0.1) is 11.6 Å². The lowest BCUT2D eigenvalue weighted by Gasteiger charge is -2.20. The number of likely N-dealkylation sites (tertiary alicyclic amines) is 1. The van der Waals surface area contributed by atoms with E-state index < -0.39 is 17.8 Å². The summed E-state index contributed by atoms with van der Waals surface area (Å²) in [5.41, 5.74) is 7.91. The van der Waals surface area contributed by atoms with Crippen molar-refractivity contribution in [3.63, 3.8) is 0 Å². The summed E-state index contributed by atoms with van der Waals surface area (Å²) in [6.45, 7) is 8.77. The summed E-state index contributed by atoms with van der Waals surface area (Å²) in [6, 6.07) is 23.7. The van der Waals surface area contributed by atoms with E-state index in [2.05, 4.69) is 25.8 Å². The molecular formula is C53H54ClN7O9. The van der Waals surface area contributed by atoms with Crippen LogP contribution in [-0.4, -0.2) is 86.6 Å². The number of nitrogens with one attached hydrogen (secondary N) is 4. The molecule has 5 amide bonds. The molecule has 0 bridgehead atoms. The van der Waals surface area contributed by atoms with Crippen molar-refractivity contribution >= 4 is 108 Å². The van der Waals surface area contributed by atoms with E-state index in [1.165, 1.54) is 6.92 Å². The average Bonchev–Trinajstić information content (AvgIpc) is 4.11. The van der Waals surface area contributed by atoms with Gasteiger partial charge >= 0.3 is 5.97 Å². The predicted molar refractivity (Wildman–Crippen MR) is 267 cm³/mol. The van der Waals surface area contributed by atoms with E-state index in [1.807, 2.05) is 56.3 Å². The van der Waals surface area contributed by atoms with Gasteiger partial charge in [0.1, 0.15) is 17.2 Å². The number of ketones is 2. The standard InChI is InChI=1S/C53H54ClN7O9/c1-28(2)40(24-37(63)13-10-30(4)58-59-48(65)16-17-60-49(66)18-29(3)52(60)68)51(67)55-36-12-15-42-34(21-36)22-43(56-42)46(64)20-32-11-14-41-33(19-32)23-44(57-41)53(69)61-27-35(26-54)50-39-9-7-6-8-38(39)47(25-45(50)61)70-31(5)62/h6-9,11-12,14-15,19,21-23,25,28-29,35,40,56-57H,10,13,16-18,20,24,26-27H2,1-5H3,(H,55,67)(H,59,65)/b58-30-/t29?,35?,40-/m0/s1. The lowest BCUT2D eigenvalue weighted by molar-refractivity contribution is -0.139. The van der Waals surface area contributed by atoms with E-state index in [9.17, 15) is 38.4 Å². The summed E-state index contributed by atoms with van der Waals surface area (Å²) >= 11 is 6.47. The van der Waals surface area contributed by atoms with Gasteiger partial charge in [0.2, 0.25) is 23.6 Å². The minimum atomic E-state index is -0.614. The molecule has 1 saturated heterocycles. The second kappa shape index (κ2) is 20.6. The van der Waals surface area contributed by atoms with E-state index in [0.29, 0.717) is 57.6 Å². The van der Waals surface area contributed by atoms with Crippen LogP contribution in [0, 0.1) is 17.8 Å². The van der Waals surface area contributed by atoms with E-state index in [1.54, 1.807) is 55.1 Å². The third kappa shape index (κ3) is 10.6. The number of esters is 1. The van der Waals surface area contributed by atoms with Gasteiger partial charge in [-0.2, -0.15) is 5.10 Å². The molecule has 0 radical (unpaired) electrons. The maximum Gasteiger partial charge on any atom is 0.308 e. The number of rotatable bonds is 18. The minimum absolute atomic E-state index is 0.00996. The fourth-order valence-corrected chi connectivity index (χ4v) is 9.52. The second-order valence-electron chi connectivity index (χ2n) is 18.6. The van der Waals surface area contributed by atoms with Crippen LogP contribution in [0.4, 0.5) is 11.4 Å². The Bertz CT molecular complexity index is 3150. The number of carbonyl (C=O) groups excluding carboxylic acids is 8. The Hall–Kier alpha value is -7.46. The first kappa shape index (κ1) is 49.0. The zero-order valence-corrected chi connectivity index (χ0v) is 40.3. The molecule has 16 nitrogen and oxygen atoms in total. The van der Waals surface area contributed by atoms with Crippen molar-refractivity contribution < 1.29 is 43.1 Å². The Morgan fingerprint density at radius 3 is 2.26 bits per heavy atom. The van der Waals surface area contributed by atoms with E-state index >= 15 is 0 Å². The number of alkyl halides is 1. The summed E-state index contributed by atoms with van der Waals surface area (Å²) in [4.78, 5) is 112. The number of imide groups is 1. The van der Waals surface area contributed by atoms with Crippen LogP contribution in [0.2, 0.25) is 0 Å². The van der Waals surface area contributed by atoms with Crippen LogP contribution < -0.4 is 20.4 Å². The number of nitrogens with zero attached hydrogens (tertiary/aromatic N) is 3. The number of carbonyl (C=O) groups is 8. The highest BCUT2D eigenvalue weighted by Crippen LogP contribution is 2.46. The Morgan fingerprint density at radius 1 is 0.857 bits per heavy atom. The lowest BCUT2D eigenvalue weighted by atomic mass is 9.88. The Kier molecular flexibility index (Phi) is 14.4. The smallest absolute Gasteiger partial charge is 0.308 e. The van der Waals surface area contributed by atoms with Crippen molar-refractivity contribution in [1.82, 2.24) is 20.3 Å². The molecule has 8 rings (SSSR count). The number of halogens is 1. The molecule has 0 aliphatic carbocycles. The van der Waals surface area contributed by atoms with Gasteiger partial charge in [0.05, 0.1) is 11.4 Å². The molecule has 0 saturated carbocycles. The van der Waals surface area contributed by atoms with Gasteiger partial charge in [0.15, 0.2) is 5.78 Å². The zero-order valence-electron chi connectivity index (χ0n) is 39.6. The number of fused-ring (bicyclic) bond motifs is 5. The van der Waals surface area contributed by atoms with Crippen LogP contribution >= 0.6 is 11.6 Å². The molecule has 17 heteroatoms. The number of aromatic nitrogens is 2. The molecule has 1 fully saturated rings. The number of benzene rings is 4. The molecule has 0 spiro atoms. The summed E-state index contributed by atoms with van der Waals surface area (Å²) in [5.74, 6) is -3.01. The summed E-state index contributed by atoms with van der Waals surface area (Å²) < 4.78 is 5.59. The largest absolute Gasteiger partial charge is 0.426 e. The number of amides is 5. The van der Waals surface area contributed by atoms with Crippen molar-refractivity contribution in [3.05, 3.63) is 101 Å². The van der Waals surface area contributed by atoms with Gasteiger partial charge in [-0.05, 0) is 78.2 Å². The first-order valence-electron chi connectivity index (χ1n) is 23.4. The SMILES string of the molecule is CC(=O)Oc1cc2c(c3ccccc13)C(CCl)CN2C(=O)c1cc2cc(CC(=O)c3cc4cc(NC(=O)[C@@H](CC(=O)CC/C(C)=N\NC(=O)CCN5C(=O)CC(C)C5=O)C(C)C)ccc4[nH]3)ccc2[nH]1. The number of Topliss-reactive ketones (excluding diaryl/α,β-unsaturated/α-hetero) is 2. The van der Waals surface area contributed by atoms with Crippen molar-refractivity contribution in [2.24, 2.45) is 22.9 Å². The summed E-state index contributed by atoms with van der Waals surface area (Å²) in [6.07, 6.45) is 0.535. The lowest BCUT2D eigenvalue weighted by Crippen LogP contribution is -2.34. The summed E-state index contributed by atoms with van der Waals surface area (Å²) in [7, 11) is 0. The van der Waals surface area contributed by atoms with E-state index in [-0.39, 0.29) is 98.0 Å². The Morgan fingerprint density at radius 2 is 1.56 bits per heavy atom. The summed E-state index contributed by atoms with van der Waals surface area (Å²) in [5, 5.41) is 10.1. The number of ether oxygens (including phenoxy) is 1. The number of H-pyrrole nitrogens is 2. The monoisotopic (exact) mass is 967 g/mol. The fourth-order valence-electron chi connectivity index (χ4n) is 9.26. The van der Waals surface area contributed by atoms with Gasteiger partial charge in [-0.25, -0.2) is 5.43 Å². The molecule has 70 heavy (non-hydrogen) atoms. The van der Waals surface area contributed by atoms with Crippen molar-refractivity contribution in [2.45, 2.75) is 79.1 Å². The topological polar surface area (TPSA) is 220 Å². The zero-order chi connectivity index (χ0) is 50.0. The Balaban J connectivity index is 0.864. The molecule has 6 aromatic rings. The highest BCUT2D eigenvalue weighted by atomic mass is 35.5. The molecule has 2 aromatic heterocycles. The van der Waals surface area contributed by atoms with Crippen LogP contribution in [0.3, 0.4) is 0 Å². The maximum absolute atomic E-state index is 14.2. The third-order valence-electron chi connectivity index (χ3n) is 13.0. The normalized spacial score (nSPS) is 16.4. The van der Waals surface area contributed by atoms with Crippen LogP contribution in [0.25, 0.3) is 32.6 Å². The number of hydrogen-bond donors (Lipinski definition) is 4. The highest BCUT2D eigenvalue weighted by molar-refractivity contribution is 6.19. The number of hydrazone groups is 1. The molecule has 2 unspecified atom stereocenters. The van der Waals surface area contributed by atoms with Gasteiger partial charge in [0, 0.05) is 120 Å². The number of hydrogen-bond acceptors (Lipinski definition) is 10. The minimum Gasteiger partial charge on any atom is -0.426 e. The predicted octanol–water partition coefficient (Wildman–Crippen LogP) is 8.36. The number of anilines is 2. The van der Waals surface area contributed by atoms with Gasteiger partial charge in [-0.1, -0.05) is 51.1 Å². The first-order valence-corrected chi connectivity index (χ1v) is 23.9. The Labute approximate surface area is 408 Å².